The number of fused-ring (bicyclic) bond motifs is 4. The van der Waals surface area contributed by atoms with Gasteiger partial charge in [0, 0.05) is 31.1 Å². The maximum atomic E-state index is 13.2. The van der Waals surface area contributed by atoms with E-state index in [1.165, 1.54) is 29.9 Å². The molecule has 3 atom stereocenters. The molecule has 0 saturated carbocycles. The number of ether oxygens (including phenoxy) is 3. The third kappa shape index (κ3) is 3.58. The molecule has 1 unspecified atom stereocenters. The van der Waals surface area contributed by atoms with Gasteiger partial charge < -0.3 is 24.5 Å². The molecule has 2 N–H and O–H groups in total. The van der Waals surface area contributed by atoms with E-state index in [0.717, 1.165) is 25.1 Å². The van der Waals surface area contributed by atoms with Gasteiger partial charge in [0.1, 0.15) is 5.75 Å². The minimum Gasteiger partial charge on any atom is -0.496 e. The van der Waals surface area contributed by atoms with Gasteiger partial charge >= 0.3 is 5.69 Å². The zero-order chi connectivity index (χ0) is 23.1. The van der Waals surface area contributed by atoms with Crippen molar-refractivity contribution >= 4 is 10.9 Å². The summed E-state index contributed by atoms with van der Waals surface area (Å²) in [6, 6.07) is 9.80. The molecule has 1 aliphatic heterocycles. The SMILES string of the molecule is COc1cc2[nH]c(=O)n(CCC3NC[C@H]4c5cccc(OC)c5CC[C@@H]34)c(=O)c2cc1OC. The Labute approximate surface area is 191 Å². The van der Waals surface area contributed by atoms with Crippen LogP contribution in [0.15, 0.2) is 39.9 Å². The second-order valence-electron chi connectivity index (χ2n) is 8.78. The summed E-state index contributed by atoms with van der Waals surface area (Å²) in [6.07, 6.45) is 2.76. The van der Waals surface area contributed by atoms with Crippen molar-refractivity contribution < 1.29 is 14.2 Å². The molecule has 33 heavy (non-hydrogen) atoms. The number of aromatic amines is 1. The first-order chi connectivity index (χ1) is 16.0. The van der Waals surface area contributed by atoms with E-state index in [-0.39, 0.29) is 11.6 Å². The number of benzene rings is 2. The minimum atomic E-state index is -0.409. The molecule has 8 heteroatoms. The Hall–Kier alpha value is -3.26. The number of rotatable bonds is 6. The van der Waals surface area contributed by atoms with Gasteiger partial charge in [0.2, 0.25) is 0 Å². The van der Waals surface area contributed by atoms with Crippen LogP contribution in [0.5, 0.6) is 17.2 Å². The number of H-pyrrole nitrogens is 1. The standard InChI is InChI=1S/C25H29N3O5/c1-31-21-6-4-5-14-16(21)8-7-15-18(14)13-26-19(15)9-10-28-24(29)17-11-22(32-2)23(33-3)12-20(17)27-25(28)30/h4-6,11-12,15,18-19,26H,7-10,13H2,1-3H3,(H,27,30)/t15-,18+,19?/m1/s1. The highest BCUT2D eigenvalue weighted by atomic mass is 16.5. The average molecular weight is 452 g/mol. The number of aromatic nitrogens is 2. The molecule has 2 aromatic carbocycles. The zero-order valence-corrected chi connectivity index (χ0v) is 19.1. The summed E-state index contributed by atoms with van der Waals surface area (Å²) >= 11 is 0. The molecule has 0 radical (unpaired) electrons. The maximum absolute atomic E-state index is 13.2. The Morgan fingerprint density at radius 3 is 2.55 bits per heavy atom. The van der Waals surface area contributed by atoms with Crippen LogP contribution in [0, 0.1) is 5.92 Å². The molecule has 8 nitrogen and oxygen atoms in total. The fourth-order valence-corrected chi connectivity index (χ4v) is 5.67. The van der Waals surface area contributed by atoms with Crippen LogP contribution in [-0.4, -0.2) is 43.5 Å². The van der Waals surface area contributed by atoms with Crippen molar-refractivity contribution in [1.29, 1.82) is 0 Å². The molecule has 1 aromatic heterocycles. The number of hydrogen-bond acceptors (Lipinski definition) is 6. The van der Waals surface area contributed by atoms with Crippen LogP contribution in [0.2, 0.25) is 0 Å². The van der Waals surface area contributed by atoms with Crippen LogP contribution in [0.1, 0.15) is 29.9 Å². The number of nitrogens with one attached hydrogen (secondary N) is 2. The van der Waals surface area contributed by atoms with E-state index in [2.05, 4.69) is 22.4 Å². The smallest absolute Gasteiger partial charge is 0.328 e. The monoisotopic (exact) mass is 451 g/mol. The molecule has 2 heterocycles. The van der Waals surface area contributed by atoms with Crippen LogP contribution in [-0.2, 0) is 13.0 Å². The highest BCUT2D eigenvalue weighted by Crippen LogP contribution is 2.44. The van der Waals surface area contributed by atoms with Crippen molar-refractivity contribution in [3.05, 3.63) is 62.3 Å². The maximum Gasteiger partial charge on any atom is 0.328 e. The lowest BCUT2D eigenvalue weighted by Gasteiger charge is -2.31. The van der Waals surface area contributed by atoms with Crippen LogP contribution < -0.4 is 30.8 Å². The summed E-state index contributed by atoms with van der Waals surface area (Å²) in [6.45, 7) is 1.25. The third-order valence-corrected chi connectivity index (χ3v) is 7.30. The number of hydrogen-bond donors (Lipinski definition) is 2. The highest BCUT2D eigenvalue weighted by Gasteiger charge is 2.40. The van der Waals surface area contributed by atoms with Gasteiger partial charge in [-0.05, 0) is 48.4 Å². The van der Waals surface area contributed by atoms with Crippen molar-refractivity contribution in [2.45, 2.75) is 37.8 Å². The van der Waals surface area contributed by atoms with Gasteiger partial charge in [-0.1, -0.05) is 12.1 Å². The zero-order valence-electron chi connectivity index (χ0n) is 19.1. The summed E-state index contributed by atoms with van der Waals surface area (Å²) in [5, 5.41) is 4.06. The van der Waals surface area contributed by atoms with E-state index < -0.39 is 5.69 Å². The van der Waals surface area contributed by atoms with E-state index in [1.54, 1.807) is 19.2 Å². The molecule has 5 rings (SSSR count). The fourth-order valence-electron chi connectivity index (χ4n) is 5.67. The lowest BCUT2D eigenvalue weighted by atomic mass is 9.74. The second kappa shape index (κ2) is 8.59. The van der Waals surface area contributed by atoms with Gasteiger partial charge in [0.15, 0.2) is 11.5 Å². The van der Waals surface area contributed by atoms with Gasteiger partial charge in [0.05, 0.1) is 32.2 Å². The molecule has 3 aromatic rings. The van der Waals surface area contributed by atoms with Crippen molar-refractivity contribution in [1.82, 2.24) is 14.9 Å². The van der Waals surface area contributed by atoms with Crippen LogP contribution in [0.4, 0.5) is 0 Å². The fraction of sp³-hybridized carbons (Fsp3) is 0.440. The Kier molecular flexibility index (Phi) is 5.62. The van der Waals surface area contributed by atoms with Crippen LogP contribution >= 0.6 is 0 Å². The van der Waals surface area contributed by atoms with E-state index in [0.29, 0.717) is 47.2 Å². The molecule has 0 spiro atoms. The van der Waals surface area contributed by atoms with Gasteiger partial charge in [-0.15, -0.1) is 0 Å². The normalized spacial score (nSPS) is 21.5. The quantitative estimate of drug-likeness (QED) is 0.598. The molecule has 2 aliphatic rings. The van der Waals surface area contributed by atoms with Crippen molar-refractivity contribution in [3.8, 4) is 17.2 Å². The first kappa shape index (κ1) is 21.6. The number of nitrogens with zero attached hydrogens (tertiary/aromatic N) is 1. The molecule has 1 fully saturated rings. The van der Waals surface area contributed by atoms with E-state index in [9.17, 15) is 9.59 Å². The van der Waals surface area contributed by atoms with Crippen LogP contribution in [0.25, 0.3) is 10.9 Å². The summed E-state index contributed by atoms with van der Waals surface area (Å²) < 4.78 is 17.5. The molecule has 1 aliphatic carbocycles. The lowest BCUT2D eigenvalue weighted by Crippen LogP contribution is -2.38. The second-order valence-corrected chi connectivity index (χ2v) is 8.78. The molecule has 1 saturated heterocycles. The first-order valence-electron chi connectivity index (χ1n) is 11.3. The average Bonchev–Trinajstić information content (AvgIpc) is 3.26. The van der Waals surface area contributed by atoms with Gasteiger partial charge in [-0.25, -0.2) is 4.79 Å². The van der Waals surface area contributed by atoms with Gasteiger partial charge in [-0.3, -0.25) is 9.36 Å². The van der Waals surface area contributed by atoms with Gasteiger partial charge in [-0.2, -0.15) is 0 Å². The van der Waals surface area contributed by atoms with E-state index in [4.69, 9.17) is 14.2 Å². The third-order valence-electron chi connectivity index (χ3n) is 7.30. The predicted molar refractivity (Wildman–Crippen MR) is 126 cm³/mol. The Balaban J connectivity index is 1.39. The van der Waals surface area contributed by atoms with E-state index >= 15 is 0 Å². The minimum absolute atomic E-state index is 0.252. The molecular weight excluding hydrogens is 422 g/mol. The number of methoxy groups -OCH3 is 3. The van der Waals surface area contributed by atoms with Crippen molar-refractivity contribution in [2.75, 3.05) is 27.9 Å². The summed E-state index contributed by atoms with van der Waals surface area (Å²) in [4.78, 5) is 28.7. The molecular formula is C25H29N3O5. The van der Waals surface area contributed by atoms with Crippen LogP contribution in [0.3, 0.4) is 0 Å². The highest BCUT2D eigenvalue weighted by molar-refractivity contribution is 5.81. The summed E-state index contributed by atoms with van der Waals surface area (Å²) in [7, 11) is 4.76. The molecule has 0 amide bonds. The van der Waals surface area contributed by atoms with Crippen molar-refractivity contribution in [2.24, 2.45) is 5.92 Å². The van der Waals surface area contributed by atoms with Crippen molar-refractivity contribution in [3.63, 3.8) is 0 Å². The lowest BCUT2D eigenvalue weighted by molar-refractivity contribution is 0.337. The van der Waals surface area contributed by atoms with Gasteiger partial charge in [0.25, 0.3) is 5.56 Å². The molecule has 0 bridgehead atoms. The van der Waals surface area contributed by atoms with E-state index in [1.807, 2.05) is 6.07 Å². The summed E-state index contributed by atoms with van der Waals surface area (Å²) in [5.41, 5.74) is 2.39. The molecule has 174 valence electrons. The predicted octanol–water partition coefficient (Wildman–Crippen LogP) is 2.42. The Morgan fingerprint density at radius 1 is 1.03 bits per heavy atom. The summed E-state index contributed by atoms with van der Waals surface area (Å²) in [5.74, 6) is 2.79. The largest absolute Gasteiger partial charge is 0.496 e. The Bertz CT molecular complexity index is 1310. The Morgan fingerprint density at radius 2 is 1.79 bits per heavy atom. The first-order valence-corrected chi connectivity index (χ1v) is 11.3. The topological polar surface area (TPSA) is 94.6 Å².